The topological polar surface area (TPSA) is 87.5 Å². The molecule has 0 aliphatic carbocycles. The van der Waals surface area contributed by atoms with Crippen LogP contribution in [-0.4, -0.2) is 54.0 Å². The number of nitrogens with one attached hydrogen (secondary N) is 2. The second kappa shape index (κ2) is 7.04. The lowest BCUT2D eigenvalue weighted by Crippen LogP contribution is -2.53. The van der Waals surface area contributed by atoms with E-state index in [2.05, 4.69) is 15.5 Å². The number of piperidine rings is 1. The molecule has 4 N–H and O–H groups in total. The van der Waals surface area contributed by atoms with Gasteiger partial charge < -0.3 is 16.4 Å². The van der Waals surface area contributed by atoms with Gasteiger partial charge in [-0.2, -0.15) is 0 Å². The third-order valence-corrected chi connectivity index (χ3v) is 3.27. The van der Waals surface area contributed by atoms with Crippen molar-refractivity contribution in [2.75, 3.05) is 19.6 Å². The number of rotatable bonds is 4. The lowest BCUT2D eigenvalue weighted by Gasteiger charge is -2.30. The zero-order chi connectivity index (χ0) is 15.3. The highest BCUT2D eigenvalue weighted by Gasteiger charge is 2.22. The van der Waals surface area contributed by atoms with Crippen molar-refractivity contribution >= 4 is 11.8 Å². The molecule has 0 aromatic heterocycles. The van der Waals surface area contributed by atoms with Crippen LogP contribution in [0.1, 0.15) is 40.5 Å². The molecule has 0 saturated carbocycles. The normalized spacial score (nSPS) is 19.4. The zero-order valence-corrected chi connectivity index (χ0v) is 13.0. The van der Waals surface area contributed by atoms with Crippen molar-refractivity contribution in [1.29, 1.82) is 0 Å². The fourth-order valence-corrected chi connectivity index (χ4v) is 2.14. The molecule has 0 aromatic carbocycles. The van der Waals surface area contributed by atoms with E-state index < -0.39 is 6.04 Å². The minimum atomic E-state index is -0.520. The number of hydrogen-bond acceptors (Lipinski definition) is 4. The van der Waals surface area contributed by atoms with Gasteiger partial charge in [-0.3, -0.25) is 14.5 Å². The standard InChI is InChI=1S/C14H28N4O2/c1-10(13(20)17-14(2,3)4)16-12(19)9-18-7-5-11(15)6-8-18/h10-11H,5-9,15H2,1-4H3,(H,16,19)(H,17,20). The number of amides is 2. The van der Waals surface area contributed by atoms with E-state index >= 15 is 0 Å². The first kappa shape index (κ1) is 16.9. The van der Waals surface area contributed by atoms with Gasteiger partial charge in [-0.15, -0.1) is 0 Å². The van der Waals surface area contributed by atoms with Gasteiger partial charge in [-0.1, -0.05) is 0 Å². The molecule has 1 aliphatic rings. The lowest BCUT2D eigenvalue weighted by atomic mass is 10.1. The maximum Gasteiger partial charge on any atom is 0.242 e. The molecular formula is C14H28N4O2. The zero-order valence-electron chi connectivity index (χ0n) is 13.0. The van der Waals surface area contributed by atoms with Crippen LogP contribution in [0.3, 0.4) is 0 Å². The van der Waals surface area contributed by atoms with Crippen molar-refractivity contribution in [1.82, 2.24) is 15.5 Å². The minimum absolute atomic E-state index is 0.114. The predicted molar refractivity (Wildman–Crippen MR) is 79.1 cm³/mol. The van der Waals surface area contributed by atoms with Crippen molar-refractivity contribution in [2.24, 2.45) is 5.73 Å². The van der Waals surface area contributed by atoms with E-state index in [1.807, 2.05) is 20.8 Å². The molecule has 6 nitrogen and oxygen atoms in total. The quantitative estimate of drug-likeness (QED) is 0.669. The summed E-state index contributed by atoms with van der Waals surface area (Å²) in [5.41, 5.74) is 5.53. The van der Waals surface area contributed by atoms with E-state index in [1.165, 1.54) is 0 Å². The second-order valence-electron chi connectivity index (χ2n) is 6.64. The van der Waals surface area contributed by atoms with Gasteiger partial charge in [0, 0.05) is 24.7 Å². The van der Waals surface area contributed by atoms with Crippen LogP contribution in [0.15, 0.2) is 0 Å². The second-order valence-corrected chi connectivity index (χ2v) is 6.64. The molecule has 1 unspecified atom stereocenters. The van der Waals surface area contributed by atoms with Crippen LogP contribution >= 0.6 is 0 Å². The van der Waals surface area contributed by atoms with Crippen molar-refractivity contribution in [3.05, 3.63) is 0 Å². The molecule has 0 radical (unpaired) electrons. The highest BCUT2D eigenvalue weighted by Crippen LogP contribution is 2.07. The van der Waals surface area contributed by atoms with E-state index in [4.69, 9.17) is 5.73 Å². The summed E-state index contributed by atoms with van der Waals surface area (Å²) in [6, 6.07) is -0.264. The van der Waals surface area contributed by atoms with Gasteiger partial charge in [0.05, 0.1) is 6.54 Å². The van der Waals surface area contributed by atoms with E-state index in [9.17, 15) is 9.59 Å². The largest absolute Gasteiger partial charge is 0.350 e. The molecular weight excluding hydrogens is 256 g/mol. The summed E-state index contributed by atoms with van der Waals surface area (Å²) in [5.74, 6) is -0.274. The summed E-state index contributed by atoms with van der Waals surface area (Å²) in [7, 11) is 0. The average Bonchev–Trinajstić information content (AvgIpc) is 2.29. The van der Waals surface area contributed by atoms with Gasteiger partial charge in [0.1, 0.15) is 6.04 Å². The number of nitrogens with two attached hydrogens (primary N) is 1. The number of carbonyl (C=O) groups excluding carboxylic acids is 2. The summed E-state index contributed by atoms with van der Waals surface area (Å²) in [5, 5.41) is 5.59. The van der Waals surface area contributed by atoms with Crippen LogP contribution in [0.2, 0.25) is 0 Å². The minimum Gasteiger partial charge on any atom is -0.350 e. The Hall–Kier alpha value is -1.14. The van der Waals surface area contributed by atoms with Gasteiger partial charge in [0.2, 0.25) is 11.8 Å². The van der Waals surface area contributed by atoms with Crippen LogP contribution in [0.5, 0.6) is 0 Å². The number of likely N-dealkylation sites (tertiary alicyclic amines) is 1. The smallest absolute Gasteiger partial charge is 0.242 e. The summed E-state index contributed by atoms with van der Waals surface area (Å²) in [6.45, 7) is 9.46. The first-order valence-electron chi connectivity index (χ1n) is 7.27. The Kier molecular flexibility index (Phi) is 5.95. The van der Waals surface area contributed by atoms with Crippen molar-refractivity contribution in [3.63, 3.8) is 0 Å². The first-order chi connectivity index (χ1) is 9.17. The van der Waals surface area contributed by atoms with E-state index in [0.29, 0.717) is 6.54 Å². The molecule has 0 spiro atoms. The van der Waals surface area contributed by atoms with Crippen LogP contribution in [0, 0.1) is 0 Å². The van der Waals surface area contributed by atoms with Gasteiger partial charge in [0.15, 0.2) is 0 Å². The fourth-order valence-electron chi connectivity index (χ4n) is 2.14. The molecule has 0 aromatic rings. The van der Waals surface area contributed by atoms with Gasteiger partial charge in [-0.25, -0.2) is 0 Å². The maximum absolute atomic E-state index is 11.9. The number of carbonyl (C=O) groups is 2. The van der Waals surface area contributed by atoms with Gasteiger partial charge in [0.25, 0.3) is 0 Å². The highest BCUT2D eigenvalue weighted by atomic mass is 16.2. The molecule has 1 heterocycles. The SMILES string of the molecule is CC(NC(=O)CN1CCC(N)CC1)C(=O)NC(C)(C)C. The van der Waals surface area contributed by atoms with Crippen LogP contribution in [-0.2, 0) is 9.59 Å². The lowest BCUT2D eigenvalue weighted by molar-refractivity contribution is -0.130. The van der Waals surface area contributed by atoms with Gasteiger partial charge in [-0.05, 0) is 40.5 Å². The van der Waals surface area contributed by atoms with Crippen molar-refractivity contribution in [2.45, 2.75) is 58.2 Å². The third kappa shape index (κ3) is 6.34. The average molecular weight is 284 g/mol. The Labute approximate surface area is 121 Å². The maximum atomic E-state index is 11.9. The molecule has 6 heteroatoms. The fraction of sp³-hybridized carbons (Fsp3) is 0.857. The van der Waals surface area contributed by atoms with Crippen molar-refractivity contribution in [3.8, 4) is 0 Å². The molecule has 1 atom stereocenters. The summed E-state index contributed by atoms with van der Waals surface area (Å²) < 4.78 is 0. The van der Waals surface area contributed by atoms with Gasteiger partial charge >= 0.3 is 0 Å². The Morgan fingerprint density at radius 2 is 1.85 bits per heavy atom. The third-order valence-electron chi connectivity index (χ3n) is 3.27. The highest BCUT2D eigenvalue weighted by molar-refractivity contribution is 5.88. The van der Waals surface area contributed by atoms with Crippen LogP contribution in [0.25, 0.3) is 0 Å². The monoisotopic (exact) mass is 284 g/mol. The van der Waals surface area contributed by atoms with E-state index in [-0.39, 0.29) is 23.4 Å². The number of nitrogens with zero attached hydrogens (tertiary/aromatic N) is 1. The molecule has 2 amide bonds. The van der Waals surface area contributed by atoms with Crippen molar-refractivity contribution < 1.29 is 9.59 Å². The molecule has 0 bridgehead atoms. The summed E-state index contributed by atoms with van der Waals surface area (Å²) in [6.07, 6.45) is 1.85. The molecule has 1 rings (SSSR count). The van der Waals surface area contributed by atoms with E-state index in [0.717, 1.165) is 25.9 Å². The number of hydrogen-bond donors (Lipinski definition) is 3. The van der Waals surface area contributed by atoms with E-state index in [1.54, 1.807) is 6.92 Å². The molecule has 1 fully saturated rings. The molecule has 116 valence electrons. The molecule has 20 heavy (non-hydrogen) atoms. The summed E-state index contributed by atoms with van der Waals surface area (Å²) in [4.78, 5) is 25.9. The Morgan fingerprint density at radius 1 is 1.30 bits per heavy atom. The summed E-state index contributed by atoms with van der Waals surface area (Å²) >= 11 is 0. The Balaban J connectivity index is 2.32. The van der Waals surface area contributed by atoms with Crippen LogP contribution in [0.4, 0.5) is 0 Å². The Morgan fingerprint density at radius 3 is 2.35 bits per heavy atom. The predicted octanol–water partition coefficient (Wildman–Crippen LogP) is -0.171. The first-order valence-corrected chi connectivity index (χ1v) is 7.27. The molecule has 1 aliphatic heterocycles. The Bertz CT molecular complexity index is 344. The van der Waals surface area contributed by atoms with Crippen LogP contribution < -0.4 is 16.4 Å². The molecule has 1 saturated heterocycles.